The molecular weight excluding hydrogens is 226 g/mol. The Morgan fingerprint density at radius 3 is 2.22 bits per heavy atom. The minimum Gasteiger partial charge on any atom is -0.466 e. The van der Waals surface area contributed by atoms with E-state index in [2.05, 4.69) is 5.32 Å². The van der Waals surface area contributed by atoms with Gasteiger partial charge in [0.15, 0.2) is 0 Å². The van der Waals surface area contributed by atoms with Crippen molar-refractivity contribution in [2.75, 3.05) is 13.2 Å². The Hall–Kier alpha value is -0.570. The van der Waals surface area contributed by atoms with Crippen LogP contribution in [0.5, 0.6) is 0 Å². The zero-order chi connectivity index (χ0) is 12.6. The quantitative estimate of drug-likeness (QED) is 0.763. The van der Waals surface area contributed by atoms with Crippen LogP contribution in [0.4, 0.5) is 0 Å². The molecule has 4 aliphatic carbocycles. The van der Waals surface area contributed by atoms with Gasteiger partial charge in [0.25, 0.3) is 0 Å². The van der Waals surface area contributed by atoms with Gasteiger partial charge in [-0.15, -0.1) is 0 Å². The predicted molar refractivity (Wildman–Crippen MR) is 70.2 cm³/mol. The normalized spacial score (nSPS) is 41.1. The van der Waals surface area contributed by atoms with Crippen molar-refractivity contribution in [3.05, 3.63) is 0 Å². The Kier molecular flexibility index (Phi) is 3.35. The van der Waals surface area contributed by atoms with Gasteiger partial charge < -0.3 is 10.1 Å². The summed E-state index contributed by atoms with van der Waals surface area (Å²) in [6, 6.07) is 0. The minimum atomic E-state index is -0.0604. The van der Waals surface area contributed by atoms with Crippen LogP contribution in [-0.4, -0.2) is 24.7 Å². The van der Waals surface area contributed by atoms with Crippen molar-refractivity contribution in [1.82, 2.24) is 5.32 Å². The van der Waals surface area contributed by atoms with Crippen molar-refractivity contribution in [1.29, 1.82) is 0 Å². The molecule has 0 aliphatic heterocycles. The van der Waals surface area contributed by atoms with Crippen molar-refractivity contribution in [2.45, 2.75) is 57.4 Å². The Morgan fingerprint density at radius 2 is 1.72 bits per heavy atom. The summed E-state index contributed by atoms with van der Waals surface area (Å²) in [7, 11) is 0. The third-order valence-corrected chi connectivity index (χ3v) is 5.17. The lowest BCUT2D eigenvalue weighted by molar-refractivity contribution is -0.143. The first kappa shape index (κ1) is 12.5. The average Bonchev–Trinajstić information content (AvgIpc) is 2.26. The Bertz CT molecular complexity index is 291. The summed E-state index contributed by atoms with van der Waals surface area (Å²) in [6.45, 7) is 3.16. The first-order valence-electron chi connectivity index (χ1n) is 7.60. The van der Waals surface area contributed by atoms with Crippen LogP contribution < -0.4 is 5.32 Å². The molecule has 0 aromatic carbocycles. The molecule has 1 N–H and O–H groups in total. The molecule has 0 saturated heterocycles. The van der Waals surface area contributed by atoms with E-state index >= 15 is 0 Å². The summed E-state index contributed by atoms with van der Waals surface area (Å²) < 4.78 is 4.98. The third kappa shape index (κ3) is 2.42. The van der Waals surface area contributed by atoms with Gasteiger partial charge in [0.2, 0.25) is 0 Å². The number of nitrogens with one attached hydrogen (secondary N) is 1. The number of rotatable bonds is 5. The van der Waals surface area contributed by atoms with Crippen LogP contribution in [0.1, 0.15) is 51.9 Å². The molecule has 0 aromatic rings. The fourth-order valence-electron chi connectivity index (χ4n) is 4.99. The van der Waals surface area contributed by atoms with E-state index in [4.69, 9.17) is 4.74 Å². The second-order valence-corrected chi connectivity index (χ2v) is 6.68. The summed E-state index contributed by atoms with van der Waals surface area (Å²) in [5.74, 6) is 2.83. The fraction of sp³-hybridized carbons (Fsp3) is 0.933. The molecule has 4 rings (SSSR count). The number of carbonyl (C=O) groups excluding carboxylic acids is 1. The Morgan fingerprint density at radius 1 is 1.17 bits per heavy atom. The molecule has 0 spiro atoms. The van der Waals surface area contributed by atoms with Crippen LogP contribution in [0.15, 0.2) is 0 Å². The van der Waals surface area contributed by atoms with E-state index in [1.165, 1.54) is 38.5 Å². The van der Waals surface area contributed by atoms with Gasteiger partial charge in [0.05, 0.1) is 13.0 Å². The molecule has 0 atom stereocenters. The Balaban J connectivity index is 1.51. The Labute approximate surface area is 110 Å². The van der Waals surface area contributed by atoms with E-state index in [0.717, 1.165) is 24.3 Å². The second-order valence-electron chi connectivity index (χ2n) is 6.68. The molecule has 0 aromatic heterocycles. The molecule has 4 fully saturated rings. The third-order valence-electron chi connectivity index (χ3n) is 5.17. The van der Waals surface area contributed by atoms with E-state index in [1.54, 1.807) is 0 Å². The van der Waals surface area contributed by atoms with Crippen LogP contribution in [-0.2, 0) is 9.53 Å². The number of esters is 1. The highest BCUT2D eigenvalue weighted by molar-refractivity contribution is 5.69. The topological polar surface area (TPSA) is 38.3 Å². The van der Waals surface area contributed by atoms with Gasteiger partial charge in [-0.1, -0.05) is 0 Å². The number of carbonyl (C=O) groups is 1. The van der Waals surface area contributed by atoms with E-state index < -0.39 is 0 Å². The molecule has 0 amide bonds. The molecular formula is C15H25NO2. The van der Waals surface area contributed by atoms with Gasteiger partial charge in [-0.3, -0.25) is 4.79 Å². The lowest BCUT2D eigenvalue weighted by Gasteiger charge is -2.57. The number of hydrogen-bond acceptors (Lipinski definition) is 3. The van der Waals surface area contributed by atoms with Crippen LogP contribution in [0, 0.1) is 17.8 Å². The summed E-state index contributed by atoms with van der Waals surface area (Å²) in [5, 5.41) is 3.72. The van der Waals surface area contributed by atoms with Gasteiger partial charge in [-0.2, -0.15) is 0 Å². The molecule has 0 heterocycles. The van der Waals surface area contributed by atoms with Crippen molar-refractivity contribution in [2.24, 2.45) is 17.8 Å². The summed E-state index contributed by atoms with van der Waals surface area (Å²) in [5.41, 5.74) is 0.376. The smallest absolute Gasteiger partial charge is 0.307 e. The fourth-order valence-corrected chi connectivity index (χ4v) is 4.99. The van der Waals surface area contributed by atoms with Crippen LogP contribution >= 0.6 is 0 Å². The van der Waals surface area contributed by atoms with E-state index in [0.29, 0.717) is 18.6 Å². The van der Waals surface area contributed by atoms with Gasteiger partial charge in [0, 0.05) is 12.1 Å². The lowest BCUT2D eigenvalue weighted by atomic mass is 9.53. The molecule has 0 radical (unpaired) electrons. The van der Waals surface area contributed by atoms with E-state index in [9.17, 15) is 4.79 Å². The van der Waals surface area contributed by atoms with E-state index in [-0.39, 0.29) is 5.97 Å². The molecule has 3 heteroatoms. The maximum atomic E-state index is 11.4. The maximum absolute atomic E-state index is 11.4. The van der Waals surface area contributed by atoms with Crippen LogP contribution in [0.3, 0.4) is 0 Å². The van der Waals surface area contributed by atoms with Gasteiger partial charge in [-0.25, -0.2) is 0 Å². The van der Waals surface area contributed by atoms with Crippen molar-refractivity contribution in [3.63, 3.8) is 0 Å². The minimum absolute atomic E-state index is 0.0604. The maximum Gasteiger partial charge on any atom is 0.307 e. The first-order valence-corrected chi connectivity index (χ1v) is 7.60. The van der Waals surface area contributed by atoms with Crippen molar-refractivity contribution < 1.29 is 9.53 Å². The monoisotopic (exact) mass is 251 g/mol. The number of hydrogen-bond donors (Lipinski definition) is 1. The zero-order valence-electron chi connectivity index (χ0n) is 11.4. The predicted octanol–water partition coefficient (Wildman–Crippen LogP) is 2.50. The highest BCUT2D eigenvalue weighted by Crippen LogP contribution is 2.55. The first-order chi connectivity index (χ1) is 8.69. The lowest BCUT2D eigenvalue weighted by Crippen LogP contribution is -2.58. The molecule has 0 unspecified atom stereocenters. The molecule has 4 saturated carbocycles. The largest absolute Gasteiger partial charge is 0.466 e. The van der Waals surface area contributed by atoms with Gasteiger partial charge in [0.1, 0.15) is 0 Å². The van der Waals surface area contributed by atoms with Crippen molar-refractivity contribution >= 4 is 5.97 Å². The van der Waals surface area contributed by atoms with Crippen molar-refractivity contribution in [3.8, 4) is 0 Å². The summed E-state index contributed by atoms with van der Waals surface area (Å²) >= 11 is 0. The highest BCUT2D eigenvalue weighted by atomic mass is 16.5. The molecule has 4 bridgehead atoms. The zero-order valence-corrected chi connectivity index (χ0v) is 11.4. The second kappa shape index (κ2) is 4.84. The number of ether oxygens (including phenoxy) is 1. The van der Waals surface area contributed by atoms with E-state index in [1.807, 2.05) is 6.92 Å². The van der Waals surface area contributed by atoms with Gasteiger partial charge >= 0.3 is 5.97 Å². The molecule has 3 nitrogen and oxygen atoms in total. The molecule has 18 heavy (non-hydrogen) atoms. The van der Waals surface area contributed by atoms with Gasteiger partial charge in [-0.05, 0) is 63.2 Å². The van der Waals surface area contributed by atoms with Crippen LogP contribution in [0.2, 0.25) is 0 Å². The molecule has 102 valence electrons. The SMILES string of the molecule is CCOC(=O)CCNC12CC3CC(CC(C3)C1)C2. The average molecular weight is 251 g/mol. The summed E-state index contributed by atoms with van der Waals surface area (Å²) in [4.78, 5) is 11.4. The standard InChI is InChI=1S/C15H25NO2/c1-2-18-14(17)3-4-16-15-8-11-5-12(9-15)7-13(6-11)10-15/h11-13,16H,2-10H2,1H3. The summed E-state index contributed by atoms with van der Waals surface area (Å²) in [6.07, 6.45) is 8.98. The molecule has 4 aliphatic rings. The van der Waals surface area contributed by atoms with Crippen LogP contribution in [0.25, 0.3) is 0 Å². The highest BCUT2D eigenvalue weighted by Gasteiger charge is 2.50.